The van der Waals surface area contributed by atoms with E-state index >= 15 is 0 Å². The summed E-state index contributed by atoms with van der Waals surface area (Å²) in [7, 11) is 2.05. The maximum atomic E-state index is 3.29. The molecule has 2 unspecified atom stereocenters. The van der Waals surface area contributed by atoms with Gasteiger partial charge in [-0.25, -0.2) is 0 Å². The molecule has 1 N–H and O–H groups in total. The molecule has 1 saturated carbocycles. The zero-order valence-corrected chi connectivity index (χ0v) is 10.6. The quantitative estimate of drug-likeness (QED) is 0.853. The molecule has 1 heterocycles. The van der Waals surface area contributed by atoms with Crippen LogP contribution < -0.4 is 5.32 Å². The second kappa shape index (κ2) is 3.57. The van der Waals surface area contributed by atoms with Crippen molar-refractivity contribution in [3.8, 4) is 0 Å². The Balaban J connectivity index is 1.95. The van der Waals surface area contributed by atoms with Gasteiger partial charge in [0.05, 0.1) is 0 Å². The van der Waals surface area contributed by atoms with Crippen LogP contribution in [0.4, 0.5) is 0 Å². The predicted molar refractivity (Wildman–Crippen MR) is 71.2 cm³/mol. The number of hydrogen-bond donors (Lipinski definition) is 1. The first kappa shape index (κ1) is 10.3. The fourth-order valence-electron chi connectivity index (χ4n) is 2.56. The van der Waals surface area contributed by atoms with E-state index in [0.717, 1.165) is 12.5 Å². The second-order valence-corrected chi connectivity index (χ2v) is 6.11. The van der Waals surface area contributed by atoms with E-state index in [-0.39, 0.29) is 0 Å². The van der Waals surface area contributed by atoms with Crippen molar-refractivity contribution >= 4 is 21.4 Å². The average Bonchev–Trinajstić information content (AvgIpc) is 2.78. The topological polar surface area (TPSA) is 12.0 Å². The number of hydrogen-bond acceptors (Lipinski definition) is 2. The average molecular weight is 231 g/mol. The highest BCUT2D eigenvalue weighted by atomic mass is 32.1. The first-order valence-corrected chi connectivity index (χ1v) is 6.69. The molecule has 2 heteroatoms. The van der Waals surface area contributed by atoms with Crippen LogP contribution in [0.2, 0.25) is 0 Å². The molecule has 0 spiro atoms. The van der Waals surface area contributed by atoms with Crippen molar-refractivity contribution in [1.29, 1.82) is 0 Å². The van der Waals surface area contributed by atoms with Crippen LogP contribution in [-0.2, 0) is 5.41 Å². The number of fused-ring (bicyclic) bond motifs is 1. The van der Waals surface area contributed by atoms with Crippen LogP contribution in [0.5, 0.6) is 0 Å². The summed E-state index contributed by atoms with van der Waals surface area (Å²) in [5.41, 5.74) is 0.437. The first-order chi connectivity index (χ1) is 7.74. The van der Waals surface area contributed by atoms with E-state index in [1.165, 1.54) is 16.5 Å². The molecule has 0 radical (unpaired) electrons. The molecule has 16 heavy (non-hydrogen) atoms. The molecule has 1 fully saturated rings. The molecular formula is C14H17NS. The van der Waals surface area contributed by atoms with Gasteiger partial charge in [-0.15, -0.1) is 11.3 Å². The van der Waals surface area contributed by atoms with Gasteiger partial charge >= 0.3 is 0 Å². The molecule has 0 amide bonds. The molecule has 84 valence electrons. The van der Waals surface area contributed by atoms with E-state index in [1.54, 1.807) is 4.88 Å². The highest BCUT2D eigenvalue weighted by molar-refractivity contribution is 7.19. The van der Waals surface area contributed by atoms with Crippen LogP contribution >= 0.6 is 11.3 Å². The van der Waals surface area contributed by atoms with Crippen molar-refractivity contribution in [2.75, 3.05) is 13.6 Å². The second-order valence-electron chi connectivity index (χ2n) is 5.02. The molecule has 0 bridgehead atoms. The molecule has 3 rings (SSSR count). The van der Waals surface area contributed by atoms with Gasteiger partial charge in [0.15, 0.2) is 0 Å². The summed E-state index contributed by atoms with van der Waals surface area (Å²) in [6, 6.07) is 11.1. The molecule has 1 aromatic carbocycles. The summed E-state index contributed by atoms with van der Waals surface area (Å²) in [6.07, 6.45) is 1.33. The number of thiophene rings is 1. The van der Waals surface area contributed by atoms with Crippen molar-refractivity contribution < 1.29 is 0 Å². The summed E-state index contributed by atoms with van der Waals surface area (Å²) in [5, 5.41) is 4.69. The van der Waals surface area contributed by atoms with Gasteiger partial charge in [0.25, 0.3) is 0 Å². The Morgan fingerprint density at radius 3 is 3.00 bits per heavy atom. The van der Waals surface area contributed by atoms with Gasteiger partial charge in [-0.2, -0.15) is 0 Å². The Kier molecular flexibility index (Phi) is 2.30. The van der Waals surface area contributed by atoms with Gasteiger partial charge in [-0.3, -0.25) is 0 Å². The molecule has 0 aliphatic heterocycles. The highest BCUT2D eigenvalue weighted by Crippen LogP contribution is 2.56. The third-order valence-electron chi connectivity index (χ3n) is 3.85. The van der Waals surface area contributed by atoms with Gasteiger partial charge in [0.2, 0.25) is 0 Å². The lowest BCUT2D eigenvalue weighted by Gasteiger charge is -2.07. The third-order valence-corrected chi connectivity index (χ3v) is 5.25. The molecule has 0 saturated heterocycles. The standard InChI is InChI=1S/C14H17NS/c1-14(8-11(14)9-15-2)13-7-10-5-3-4-6-12(10)16-13/h3-7,11,15H,8-9H2,1-2H3. The smallest absolute Gasteiger partial charge is 0.0345 e. The van der Waals surface area contributed by atoms with Gasteiger partial charge in [-0.05, 0) is 43.5 Å². The zero-order valence-electron chi connectivity index (χ0n) is 9.79. The SMILES string of the molecule is CNCC1CC1(C)c1cc2ccccc2s1. The fraction of sp³-hybridized carbons (Fsp3) is 0.429. The molecule has 2 aromatic rings. The number of rotatable bonds is 3. The van der Waals surface area contributed by atoms with E-state index in [9.17, 15) is 0 Å². The number of nitrogens with one attached hydrogen (secondary N) is 1. The predicted octanol–water partition coefficient (Wildman–Crippen LogP) is 3.40. The van der Waals surface area contributed by atoms with Crippen molar-refractivity contribution in [2.45, 2.75) is 18.8 Å². The van der Waals surface area contributed by atoms with E-state index < -0.39 is 0 Å². The maximum absolute atomic E-state index is 3.29. The Labute approximate surface area is 100 Å². The van der Waals surface area contributed by atoms with E-state index in [4.69, 9.17) is 0 Å². The summed E-state index contributed by atoms with van der Waals surface area (Å²) < 4.78 is 1.42. The summed E-state index contributed by atoms with van der Waals surface area (Å²) >= 11 is 1.97. The van der Waals surface area contributed by atoms with Crippen LogP contribution in [0.25, 0.3) is 10.1 Å². The van der Waals surface area contributed by atoms with E-state index in [0.29, 0.717) is 5.41 Å². The van der Waals surface area contributed by atoms with Gasteiger partial charge in [0, 0.05) is 15.0 Å². The minimum absolute atomic E-state index is 0.437. The van der Waals surface area contributed by atoms with Crippen molar-refractivity contribution in [1.82, 2.24) is 5.32 Å². The normalized spacial score (nSPS) is 28.5. The van der Waals surface area contributed by atoms with Crippen LogP contribution in [-0.4, -0.2) is 13.6 Å². The van der Waals surface area contributed by atoms with Gasteiger partial charge in [0.1, 0.15) is 0 Å². The lowest BCUT2D eigenvalue weighted by atomic mass is 10.0. The summed E-state index contributed by atoms with van der Waals surface area (Å²) in [5.74, 6) is 0.825. The lowest BCUT2D eigenvalue weighted by Crippen LogP contribution is -2.14. The van der Waals surface area contributed by atoms with Gasteiger partial charge in [-0.1, -0.05) is 25.1 Å². The van der Waals surface area contributed by atoms with E-state index in [2.05, 4.69) is 42.6 Å². The number of benzene rings is 1. The minimum atomic E-state index is 0.437. The van der Waals surface area contributed by atoms with Crippen molar-refractivity contribution in [3.05, 3.63) is 35.2 Å². The molecule has 1 aliphatic rings. The zero-order chi connectivity index (χ0) is 11.2. The molecule has 1 aliphatic carbocycles. The summed E-state index contributed by atoms with van der Waals surface area (Å²) in [6.45, 7) is 3.55. The van der Waals surface area contributed by atoms with Crippen LogP contribution in [0, 0.1) is 5.92 Å². The molecule has 1 nitrogen and oxygen atoms in total. The van der Waals surface area contributed by atoms with Crippen LogP contribution in [0.1, 0.15) is 18.2 Å². The first-order valence-electron chi connectivity index (χ1n) is 5.88. The van der Waals surface area contributed by atoms with Crippen molar-refractivity contribution in [3.63, 3.8) is 0 Å². The Bertz CT molecular complexity index is 483. The largest absolute Gasteiger partial charge is 0.319 e. The molecule has 2 atom stereocenters. The maximum Gasteiger partial charge on any atom is 0.0345 e. The third kappa shape index (κ3) is 1.48. The van der Waals surface area contributed by atoms with Crippen LogP contribution in [0.15, 0.2) is 30.3 Å². The monoisotopic (exact) mass is 231 g/mol. The highest BCUT2D eigenvalue weighted by Gasteiger charge is 2.51. The minimum Gasteiger partial charge on any atom is -0.319 e. The molecular weight excluding hydrogens is 214 g/mol. The molecule has 1 aromatic heterocycles. The Morgan fingerprint density at radius 1 is 1.44 bits per heavy atom. The fourth-order valence-corrected chi connectivity index (χ4v) is 3.86. The lowest BCUT2D eigenvalue weighted by molar-refractivity contribution is 0.624. The van der Waals surface area contributed by atoms with E-state index in [1.807, 2.05) is 18.4 Å². The van der Waals surface area contributed by atoms with Crippen LogP contribution in [0.3, 0.4) is 0 Å². The summed E-state index contributed by atoms with van der Waals surface area (Å²) in [4.78, 5) is 1.56. The van der Waals surface area contributed by atoms with Gasteiger partial charge < -0.3 is 5.32 Å². The Morgan fingerprint density at radius 2 is 2.25 bits per heavy atom. The van der Waals surface area contributed by atoms with Crippen molar-refractivity contribution in [2.24, 2.45) is 5.92 Å². The Hall–Kier alpha value is -0.860.